The van der Waals surface area contributed by atoms with Gasteiger partial charge in [0.25, 0.3) is 0 Å². The second-order valence-electron chi connectivity index (χ2n) is 5.46. The summed E-state index contributed by atoms with van der Waals surface area (Å²) >= 11 is 0. The van der Waals surface area contributed by atoms with Crippen LogP contribution in [0.5, 0.6) is 0 Å². The molecule has 108 valence electrons. The topological polar surface area (TPSA) is 46.9 Å². The Hall–Kier alpha value is -0.840. The summed E-state index contributed by atoms with van der Waals surface area (Å²) < 4.78 is 13.4. The van der Waals surface area contributed by atoms with Crippen LogP contribution in [0.3, 0.4) is 0 Å². The Morgan fingerprint density at radius 1 is 1.42 bits per heavy atom. The van der Waals surface area contributed by atoms with E-state index >= 15 is 0 Å². The molecule has 0 spiro atoms. The van der Waals surface area contributed by atoms with Gasteiger partial charge in [-0.25, -0.2) is 4.98 Å². The third-order valence-corrected chi connectivity index (χ3v) is 4.58. The average molecular weight is 283 g/mol. The quantitative estimate of drug-likeness (QED) is 0.817. The molecule has 0 radical (unpaired) electrons. The lowest BCUT2D eigenvalue weighted by molar-refractivity contribution is 0.355. The van der Waals surface area contributed by atoms with Gasteiger partial charge in [0, 0.05) is 41.6 Å². The molecule has 1 heterocycles. The highest BCUT2D eigenvalue weighted by molar-refractivity contribution is 7.84. The van der Waals surface area contributed by atoms with Crippen LogP contribution in [-0.4, -0.2) is 32.3 Å². The summed E-state index contributed by atoms with van der Waals surface area (Å²) in [5.74, 6) is 1.75. The maximum absolute atomic E-state index is 11.0. The lowest BCUT2D eigenvalue weighted by Gasteiger charge is -2.24. The van der Waals surface area contributed by atoms with Crippen molar-refractivity contribution in [2.24, 2.45) is 0 Å². The number of aromatic nitrogens is 2. The molecule has 1 aromatic rings. The van der Waals surface area contributed by atoms with Crippen molar-refractivity contribution in [3.05, 3.63) is 11.9 Å². The van der Waals surface area contributed by atoms with E-state index in [9.17, 15) is 4.21 Å². The summed E-state index contributed by atoms with van der Waals surface area (Å²) in [6.07, 6.45) is 11.4. The van der Waals surface area contributed by atoms with Crippen molar-refractivity contribution in [3.63, 3.8) is 0 Å². The van der Waals surface area contributed by atoms with E-state index in [0.717, 1.165) is 30.4 Å². The molecule has 0 aliphatic heterocycles. The molecule has 1 fully saturated rings. The van der Waals surface area contributed by atoms with Gasteiger partial charge in [-0.15, -0.1) is 0 Å². The van der Waals surface area contributed by atoms with E-state index in [1.165, 1.54) is 32.1 Å². The summed E-state index contributed by atoms with van der Waals surface area (Å²) in [6, 6.07) is 0.609. The lowest BCUT2D eigenvalue weighted by atomic mass is 9.95. The molecule has 1 unspecified atom stereocenters. The van der Waals surface area contributed by atoms with Crippen molar-refractivity contribution in [1.82, 2.24) is 9.55 Å². The van der Waals surface area contributed by atoms with Gasteiger partial charge in [-0.3, -0.25) is 4.21 Å². The number of rotatable bonds is 6. The van der Waals surface area contributed by atoms with Crippen LogP contribution in [0.4, 0.5) is 5.95 Å². The van der Waals surface area contributed by atoms with E-state index < -0.39 is 10.8 Å². The number of hydrogen-bond donors (Lipinski definition) is 1. The third-order valence-electron chi connectivity index (χ3n) is 3.71. The smallest absolute Gasteiger partial charge is 0.203 e. The minimum absolute atomic E-state index is 0.609. The average Bonchev–Trinajstić information content (AvgIpc) is 2.77. The van der Waals surface area contributed by atoms with Gasteiger partial charge in [0.2, 0.25) is 5.95 Å². The first-order valence-corrected chi connectivity index (χ1v) is 8.99. The van der Waals surface area contributed by atoms with E-state index in [1.54, 1.807) is 6.26 Å². The van der Waals surface area contributed by atoms with Crippen LogP contribution in [0.25, 0.3) is 0 Å². The molecule has 2 rings (SSSR count). The molecule has 0 saturated heterocycles. The maximum Gasteiger partial charge on any atom is 0.203 e. The Kier molecular flexibility index (Phi) is 5.43. The van der Waals surface area contributed by atoms with Crippen molar-refractivity contribution in [2.75, 3.05) is 23.9 Å². The van der Waals surface area contributed by atoms with Crippen LogP contribution in [0.15, 0.2) is 6.20 Å². The van der Waals surface area contributed by atoms with Crippen molar-refractivity contribution in [2.45, 2.75) is 51.5 Å². The van der Waals surface area contributed by atoms with Gasteiger partial charge in [0.05, 0.1) is 5.69 Å². The molecule has 1 atom stereocenters. The van der Waals surface area contributed by atoms with E-state index in [0.29, 0.717) is 6.04 Å². The van der Waals surface area contributed by atoms with E-state index in [1.807, 2.05) is 6.92 Å². The molecule has 1 aliphatic carbocycles. The van der Waals surface area contributed by atoms with Gasteiger partial charge in [-0.05, 0) is 26.2 Å². The number of nitrogens with one attached hydrogen (secondary N) is 1. The first-order chi connectivity index (χ1) is 9.16. The monoisotopic (exact) mass is 283 g/mol. The van der Waals surface area contributed by atoms with Crippen LogP contribution in [0.2, 0.25) is 0 Å². The number of hydrogen-bond acceptors (Lipinski definition) is 3. The minimum Gasteiger partial charge on any atom is -0.356 e. The molecule has 1 saturated carbocycles. The van der Waals surface area contributed by atoms with Gasteiger partial charge in [-0.2, -0.15) is 0 Å². The van der Waals surface area contributed by atoms with Gasteiger partial charge in [0.1, 0.15) is 0 Å². The molecular formula is C14H25N3OS. The molecule has 5 heteroatoms. The van der Waals surface area contributed by atoms with Crippen LogP contribution in [0, 0.1) is 6.92 Å². The first-order valence-electron chi connectivity index (χ1n) is 7.26. The third kappa shape index (κ3) is 4.34. The van der Waals surface area contributed by atoms with Crippen LogP contribution in [0.1, 0.15) is 50.3 Å². The van der Waals surface area contributed by atoms with Gasteiger partial charge in [0.15, 0.2) is 0 Å². The van der Waals surface area contributed by atoms with Gasteiger partial charge >= 0.3 is 0 Å². The summed E-state index contributed by atoms with van der Waals surface area (Å²) in [6.45, 7) is 2.90. The second-order valence-corrected chi connectivity index (χ2v) is 7.02. The Bertz CT molecular complexity index is 424. The zero-order valence-electron chi connectivity index (χ0n) is 12.0. The molecule has 0 bridgehead atoms. The predicted molar refractivity (Wildman–Crippen MR) is 81.1 cm³/mol. The minimum atomic E-state index is -0.695. The fourth-order valence-electron chi connectivity index (χ4n) is 2.76. The summed E-state index contributed by atoms with van der Waals surface area (Å²) in [4.78, 5) is 4.58. The molecule has 0 amide bonds. The Balaban J connectivity index is 1.93. The standard InChI is InChI=1S/C14H25N3OS/c1-12-11-17(13-7-4-3-5-8-13)14(16-12)15-9-6-10-19(2)18/h11,13H,3-10H2,1-2H3,(H,15,16). The van der Waals surface area contributed by atoms with Gasteiger partial charge in [-0.1, -0.05) is 19.3 Å². The van der Waals surface area contributed by atoms with E-state index in [-0.39, 0.29) is 0 Å². The fourth-order valence-corrected chi connectivity index (χ4v) is 3.31. The van der Waals surface area contributed by atoms with Crippen molar-refractivity contribution < 1.29 is 4.21 Å². The zero-order valence-corrected chi connectivity index (χ0v) is 12.8. The van der Waals surface area contributed by atoms with E-state index in [2.05, 4.69) is 21.1 Å². The molecule has 1 N–H and O–H groups in total. The molecule has 1 aromatic heterocycles. The zero-order chi connectivity index (χ0) is 13.7. The summed E-state index contributed by atoms with van der Waals surface area (Å²) in [5, 5.41) is 3.40. The summed E-state index contributed by atoms with van der Waals surface area (Å²) in [7, 11) is -0.695. The molecule has 0 aromatic carbocycles. The van der Waals surface area contributed by atoms with Crippen LogP contribution < -0.4 is 5.32 Å². The predicted octanol–water partition coefficient (Wildman–Crippen LogP) is 2.88. The SMILES string of the molecule is Cc1cn(C2CCCCC2)c(NCCCS(C)=O)n1. The van der Waals surface area contributed by atoms with Crippen LogP contribution in [-0.2, 0) is 10.8 Å². The Morgan fingerprint density at radius 3 is 2.84 bits per heavy atom. The van der Waals surface area contributed by atoms with Gasteiger partial charge < -0.3 is 9.88 Å². The molecule has 4 nitrogen and oxygen atoms in total. The Labute approximate surface area is 118 Å². The van der Waals surface area contributed by atoms with Crippen LogP contribution >= 0.6 is 0 Å². The first kappa shape index (κ1) is 14.6. The molecule has 19 heavy (non-hydrogen) atoms. The molecule has 1 aliphatic rings. The Morgan fingerprint density at radius 2 is 2.16 bits per heavy atom. The van der Waals surface area contributed by atoms with Crippen molar-refractivity contribution >= 4 is 16.7 Å². The lowest BCUT2D eigenvalue weighted by Crippen LogP contribution is -2.16. The van der Waals surface area contributed by atoms with E-state index in [4.69, 9.17) is 0 Å². The second kappa shape index (κ2) is 7.08. The van der Waals surface area contributed by atoms with Crippen molar-refractivity contribution in [1.29, 1.82) is 0 Å². The number of aryl methyl sites for hydroxylation is 1. The highest BCUT2D eigenvalue weighted by Gasteiger charge is 2.18. The number of imidazole rings is 1. The molecular weight excluding hydrogens is 258 g/mol. The highest BCUT2D eigenvalue weighted by Crippen LogP contribution is 2.30. The highest BCUT2D eigenvalue weighted by atomic mass is 32.2. The fraction of sp³-hybridized carbons (Fsp3) is 0.786. The van der Waals surface area contributed by atoms with Crippen molar-refractivity contribution in [3.8, 4) is 0 Å². The number of anilines is 1. The maximum atomic E-state index is 11.0. The largest absolute Gasteiger partial charge is 0.356 e. The number of nitrogens with zero attached hydrogens (tertiary/aromatic N) is 2. The summed E-state index contributed by atoms with van der Waals surface area (Å²) in [5.41, 5.74) is 1.08. The normalized spacial score (nSPS) is 18.4.